The largest absolute Gasteiger partial charge is 2.00 e. The minimum absolute atomic E-state index is 0. The van der Waals surface area contributed by atoms with Gasteiger partial charge in [-0.05, 0) is 19.3 Å². The van der Waals surface area contributed by atoms with Crippen LogP contribution < -0.4 is 0 Å². The molecule has 0 saturated carbocycles. The molecule has 0 aromatic heterocycles. The van der Waals surface area contributed by atoms with Crippen LogP contribution in [0.15, 0.2) is 24.3 Å². The molecular weight excluding hydrogens is 404 g/mol. The number of fused-ring (bicyclic) bond motifs is 2. The number of hydrogen-bond acceptors (Lipinski definition) is 0. The Bertz CT molecular complexity index is 837. The molecular formula is C26H34Zr. The Morgan fingerprint density at radius 1 is 0.926 bits per heavy atom. The number of hydrogen-bond donors (Lipinski definition) is 0. The standard InChI is InChI=1S/C16H19.C10H15.Zr/c1-11(2)8-14-6-7-15-9-12-4-3-5-13(12)10-16(14)15;1-6-7(2)9(4)10(5)8(6)3;/h6-7,9-11H,3-5,8H2,1-2H3;1-5H3;/q2*-1;+2. The molecule has 0 aliphatic heterocycles. The van der Waals surface area contributed by atoms with E-state index in [1.54, 1.807) is 16.7 Å². The first-order valence-electron chi connectivity index (χ1n) is 10.2. The van der Waals surface area contributed by atoms with E-state index in [4.69, 9.17) is 0 Å². The van der Waals surface area contributed by atoms with E-state index in [0.717, 1.165) is 5.92 Å². The van der Waals surface area contributed by atoms with Crippen LogP contribution in [0.2, 0.25) is 0 Å². The first-order chi connectivity index (χ1) is 12.3. The van der Waals surface area contributed by atoms with Gasteiger partial charge in [-0.1, -0.05) is 71.9 Å². The quantitative estimate of drug-likeness (QED) is 0.372. The van der Waals surface area contributed by atoms with Crippen molar-refractivity contribution in [1.29, 1.82) is 0 Å². The van der Waals surface area contributed by atoms with Crippen molar-refractivity contribution in [3.05, 3.63) is 68.8 Å². The molecule has 4 rings (SSSR count). The van der Waals surface area contributed by atoms with Crippen molar-refractivity contribution in [2.75, 3.05) is 0 Å². The molecule has 1 aliphatic rings. The van der Waals surface area contributed by atoms with Crippen molar-refractivity contribution in [1.82, 2.24) is 0 Å². The monoisotopic (exact) mass is 436 g/mol. The van der Waals surface area contributed by atoms with Crippen LogP contribution in [0, 0.1) is 40.5 Å². The van der Waals surface area contributed by atoms with Gasteiger partial charge < -0.3 is 0 Å². The fourth-order valence-corrected chi connectivity index (χ4v) is 4.36. The summed E-state index contributed by atoms with van der Waals surface area (Å²) in [4.78, 5) is 0. The SMILES string of the molecule is CC(C)C[c-]1ccc2cc3c(cc21)CCC3.Cc1c(C)c(C)[c-](C)c1C.[Zr+2]. The summed E-state index contributed by atoms with van der Waals surface area (Å²) in [5.41, 5.74) is 12.1. The van der Waals surface area contributed by atoms with E-state index in [2.05, 4.69) is 72.7 Å². The van der Waals surface area contributed by atoms with E-state index < -0.39 is 0 Å². The average Bonchev–Trinajstić information content (AvgIpc) is 3.26. The van der Waals surface area contributed by atoms with Gasteiger partial charge in [0.05, 0.1) is 0 Å². The molecule has 0 saturated heterocycles. The predicted molar refractivity (Wildman–Crippen MR) is 116 cm³/mol. The molecule has 142 valence electrons. The Labute approximate surface area is 185 Å². The maximum atomic E-state index is 2.45. The minimum Gasteiger partial charge on any atom is -0.196 e. The summed E-state index contributed by atoms with van der Waals surface area (Å²) in [7, 11) is 0. The second kappa shape index (κ2) is 9.04. The van der Waals surface area contributed by atoms with Gasteiger partial charge >= 0.3 is 26.2 Å². The van der Waals surface area contributed by atoms with Crippen molar-refractivity contribution in [3.8, 4) is 0 Å². The van der Waals surface area contributed by atoms with E-state index in [-0.39, 0.29) is 26.2 Å². The van der Waals surface area contributed by atoms with Gasteiger partial charge in [-0.25, -0.2) is 0 Å². The molecule has 0 nitrogen and oxygen atoms in total. The molecule has 1 aliphatic carbocycles. The first kappa shape index (κ1) is 22.4. The predicted octanol–water partition coefficient (Wildman–Crippen LogP) is 7.19. The Balaban J connectivity index is 0.000000208. The Morgan fingerprint density at radius 2 is 1.48 bits per heavy atom. The summed E-state index contributed by atoms with van der Waals surface area (Å²) in [6.45, 7) is 15.6. The molecule has 3 aromatic rings. The van der Waals surface area contributed by atoms with Crippen LogP contribution in [0.5, 0.6) is 0 Å². The van der Waals surface area contributed by atoms with Gasteiger partial charge in [0.25, 0.3) is 0 Å². The van der Waals surface area contributed by atoms with Gasteiger partial charge in [0.15, 0.2) is 0 Å². The average molecular weight is 438 g/mol. The molecule has 27 heavy (non-hydrogen) atoms. The molecule has 0 fully saturated rings. The molecule has 0 unspecified atom stereocenters. The topological polar surface area (TPSA) is 0 Å². The number of benzene rings is 1. The van der Waals surface area contributed by atoms with E-state index in [1.807, 2.05) is 0 Å². The third kappa shape index (κ3) is 4.56. The summed E-state index contributed by atoms with van der Waals surface area (Å²) >= 11 is 0. The van der Waals surface area contributed by atoms with Crippen LogP contribution in [0.1, 0.15) is 64.8 Å². The van der Waals surface area contributed by atoms with Crippen molar-refractivity contribution < 1.29 is 26.2 Å². The summed E-state index contributed by atoms with van der Waals surface area (Å²) in [5, 5.41) is 2.96. The molecule has 0 heterocycles. The van der Waals surface area contributed by atoms with Crippen LogP contribution in [0.3, 0.4) is 0 Å². The molecule has 0 amide bonds. The van der Waals surface area contributed by atoms with Gasteiger partial charge in [-0.3, -0.25) is 0 Å². The van der Waals surface area contributed by atoms with Crippen LogP contribution in [-0.2, 0) is 45.5 Å². The number of rotatable bonds is 2. The van der Waals surface area contributed by atoms with Crippen molar-refractivity contribution in [3.63, 3.8) is 0 Å². The maximum absolute atomic E-state index is 2.45. The second-order valence-electron chi connectivity index (χ2n) is 8.64. The second-order valence-corrected chi connectivity index (χ2v) is 8.64. The van der Waals surface area contributed by atoms with Crippen LogP contribution >= 0.6 is 0 Å². The summed E-state index contributed by atoms with van der Waals surface area (Å²) in [6.07, 6.45) is 5.14. The Kier molecular flexibility index (Phi) is 7.49. The van der Waals surface area contributed by atoms with Crippen LogP contribution in [0.4, 0.5) is 0 Å². The fraction of sp³-hybridized carbons (Fsp3) is 0.462. The molecule has 0 spiro atoms. The zero-order valence-corrected chi connectivity index (χ0v) is 20.7. The third-order valence-corrected chi connectivity index (χ3v) is 6.51. The summed E-state index contributed by atoms with van der Waals surface area (Å²) in [6, 6.07) is 9.49. The minimum atomic E-state index is 0. The Morgan fingerprint density at radius 3 is 1.96 bits per heavy atom. The third-order valence-electron chi connectivity index (χ3n) is 6.51. The van der Waals surface area contributed by atoms with Crippen LogP contribution in [-0.4, -0.2) is 0 Å². The summed E-state index contributed by atoms with van der Waals surface area (Å²) in [5.74, 6) is 0.749. The molecule has 0 bridgehead atoms. The zero-order valence-electron chi connectivity index (χ0n) is 18.2. The van der Waals surface area contributed by atoms with Crippen LogP contribution in [0.25, 0.3) is 10.8 Å². The smallest absolute Gasteiger partial charge is 0.196 e. The van der Waals surface area contributed by atoms with Gasteiger partial charge in [0, 0.05) is 0 Å². The van der Waals surface area contributed by atoms with E-state index in [1.165, 1.54) is 64.3 Å². The van der Waals surface area contributed by atoms with Crippen molar-refractivity contribution in [2.45, 2.75) is 74.1 Å². The van der Waals surface area contributed by atoms with Gasteiger partial charge in [-0.2, -0.15) is 33.9 Å². The van der Waals surface area contributed by atoms with Crippen molar-refractivity contribution >= 4 is 10.8 Å². The van der Waals surface area contributed by atoms with E-state index in [0.29, 0.717) is 0 Å². The molecule has 0 radical (unpaired) electrons. The maximum Gasteiger partial charge on any atom is 2.00 e. The summed E-state index contributed by atoms with van der Waals surface area (Å²) < 4.78 is 0. The van der Waals surface area contributed by atoms with Gasteiger partial charge in [-0.15, -0.1) is 34.5 Å². The normalized spacial score (nSPS) is 12.7. The molecule has 0 atom stereocenters. The first-order valence-corrected chi connectivity index (χ1v) is 10.2. The van der Waals surface area contributed by atoms with E-state index >= 15 is 0 Å². The molecule has 0 N–H and O–H groups in total. The number of aryl methyl sites for hydroxylation is 2. The molecule has 1 heteroatoms. The molecule has 3 aromatic carbocycles. The van der Waals surface area contributed by atoms with Crippen molar-refractivity contribution in [2.24, 2.45) is 5.92 Å². The zero-order chi connectivity index (χ0) is 19.0. The Hall–Kier alpha value is -0.937. The van der Waals surface area contributed by atoms with Gasteiger partial charge in [0.2, 0.25) is 0 Å². The fourth-order valence-electron chi connectivity index (χ4n) is 4.36. The van der Waals surface area contributed by atoms with Gasteiger partial charge in [0.1, 0.15) is 0 Å². The van der Waals surface area contributed by atoms with E-state index in [9.17, 15) is 0 Å².